The predicted octanol–water partition coefficient (Wildman–Crippen LogP) is 1.66. The van der Waals surface area contributed by atoms with Gasteiger partial charge in [-0.1, -0.05) is 12.5 Å². The normalized spacial score (nSPS) is 19.1. The Labute approximate surface area is 115 Å². The minimum absolute atomic E-state index is 0.163. The van der Waals surface area contributed by atoms with E-state index in [9.17, 15) is 4.79 Å². The molecule has 1 aromatic rings. The van der Waals surface area contributed by atoms with Gasteiger partial charge in [-0.2, -0.15) is 0 Å². The van der Waals surface area contributed by atoms with Crippen molar-refractivity contribution in [2.45, 2.75) is 44.6 Å². The number of carbonyl (C=O) groups excluding carboxylic acids is 1. The van der Waals surface area contributed by atoms with Crippen LogP contribution in [0.25, 0.3) is 0 Å². The Morgan fingerprint density at radius 1 is 1.47 bits per heavy atom. The molecule has 0 aromatic carbocycles. The number of piperidine rings is 1. The number of hydrogen-bond acceptors (Lipinski definition) is 3. The van der Waals surface area contributed by atoms with Crippen LogP contribution in [-0.4, -0.2) is 30.0 Å². The van der Waals surface area contributed by atoms with Crippen LogP contribution in [0.3, 0.4) is 0 Å². The standard InChI is InChI=1S/C15H23N3O/c19-15(7-6-14-5-1-2-10-17-14)18-11-8-13-4-3-9-16-12-13/h3-4,9,12,14,17H,1-2,5-8,10-11H2,(H,18,19). The van der Waals surface area contributed by atoms with Crippen molar-refractivity contribution in [1.29, 1.82) is 0 Å². The summed E-state index contributed by atoms with van der Waals surface area (Å²) in [7, 11) is 0. The molecule has 1 fully saturated rings. The molecular weight excluding hydrogens is 238 g/mol. The number of nitrogens with zero attached hydrogens (tertiary/aromatic N) is 1. The second-order valence-corrected chi connectivity index (χ2v) is 5.15. The first-order valence-corrected chi connectivity index (χ1v) is 7.23. The molecule has 19 heavy (non-hydrogen) atoms. The molecule has 1 atom stereocenters. The van der Waals surface area contributed by atoms with Crippen molar-refractivity contribution >= 4 is 5.91 Å². The van der Waals surface area contributed by atoms with Gasteiger partial charge in [0.1, 0.15) is 0 Å². The highest BCUT2D eigenvalue weighted by atomic mass is 16.1. The van der Waals surface area contributed by atoms with Crippen LogP contribution in [0, 0.1) is 0 Å². The summed E-state index contributed by atoms with van der Waals surface area (Å²) in [6.45, 7) is 1.80. The van der Waals surface area contributed by atoms with Gasteiger partial charge < -0.3 is 10.6 Å². The zero-order valence-electron chi connectivity index (χ0n) is 11.4. The molecule has 1 aromatic heterocycles. The quantitative estimate of drug-likeness (QED) is 0.819. The van der Waals surface area contributed by atoms with Gasteiger partial charge in [0.25, 0.3) is 0 Å². The van der Waals surface area contributed by atoms with Gasteiger partial charge in [0.15, 0.2) is 0 Å². The minimum Gasteiger partial charge on any atom is -0.356 e. The first kappa shape index (κ1) is 14.0. The van der Waals surface area contributed by atoms with Crippen LogP contribution < -0.4 is 10.6 Å². The van der Waals surface area contributed by atoms with Gasteiger partial charge in [0, 0.05) is 31.4 Å². The lowest BCUT2D eigenvalue weighted by atomic mass is 10.0. The maximum Gasteiger partial charge on any atom is 0.220 e. The summed E-state index contributed by atoms with van der Waals surface area (Å²) < 4.78 is 0. The van der Waals surface area contributed by atoms with Crippen LogP contribution in [0.5, 0.6) is 0 Å². The van der Waals surface area contributed by atoms with E-state index in [-0.39, 0.29) is 5.91 Å². The van der Waals surface area contributed by atoms with E-state index < -0.39 is 0 Å². The van der Waals surface area contributed by atoms with Crippen molar-refractivity contribution in [3.63, 3.8) is 0 Å². The van der Waals surface area contributed by atoms with Crippen molar-refractivity contribution in [3.8, 4) is 0 Å². The van der Waals surface area contributed by atoms with E-state index >= 15 is 0 Å². The smallest absolute Gasteiger partial charge is 0.220 e. The Hall–Kier alpha value is -1.42. The number of aromatic nitrogens is 1. The van der Waals surface area contributed by atoms with Crippen LogP contribution in [-0.2, 0) is 11.2 Å². The van der Waals surface area contributed by atoms with Gasteiger partial charge in [-0.3, -0.25) is 9.78 Å². The third-order valence-electron chi connectivity index (χ3n) is 3.59. The molecule has 0 bridgehead atoms. The molecule has 0 spiro atoms. The zero-order valence-corrected chi connectivity index (χ0v) is 11.4. The Kier molecular flexibility index (Phi) is 5.82. The van der Waals surface area contributed by atoms with Gasteiger partial charge >= 0.3 is 0 Å². The summed E-state index contributed by atoms with van der Waals surface area (Å²) in [5.74, 6) is 0.163. The first-order valence-electron chi connectivity index (χ1n) is 7.23. The lowest BCUT2D eigenvalue weighted by molar-refractivity contribution is -0.121. The molecule has 2 N–H and O–H groups in total. The third-order valence-corrected chi connectivity index (χ3v) is 3.59. The third kappa shape index (κ3) is 5.39. The Morgan fingerprint density at radius 3 is 3.16 bits per heavy atom. The number of rotatable bonds is 6. The Bertz CT molecular complexity index is 374. The van der Waals surface area contributed by atoms with Crippen molar-refractivity contribution in [3.05, 3.63) is 30.1 Å². The highest BCUT2D eigenvalue weighted by Gasteiger charge is 2.13. The average molecular weight is 261 g/mol. The fourth-order valence-electron chi connectivity index (χ4n) is 2.46. The van der Waals surface area contributed by atoms with Crippen LogP contribution in [0.1, 0.15) is 37.7 Å². The largest absolute Gasteiger partial charge is 0.356 e. The lowest BCUT2D eigenvalue weighted by Gasteiger charge is -2.23. The van der Waals surface area contributed by atoms with Crippen molar-refractivity contribution < 1.29 is 4.79 Å². The molecule has 2 heterocycles. The van der Waals surface area contributed by atoms with E-state index in [1.54, 1.807) is 6.20 Å². The topological polar surface area (TPSA) is 54.0 Å². The SMILES string of the molecule is O=C(CCC1CCCCN1)NCCc1cccnc1. The van der Waals surface area contributed by atoms with E-state index in [0.717, 1.165) is 24.9 Å². The fraction of sp³-hybridized carbons (Fsp3) is 0.600. The van der Waals surface area contributed by atoms with E-state index in [4.69, 9.17) is 0 Å². The summed E-state index contributed by atoms with van der Waals surface area (Å²) >= 11 is 0. The monoisotopic (exact) mass is 261 g/mol. The van der Waals surface area contributed by atoms with Crippen LogP contribution in [0.15, 0.2) is 24.5 Å². The molecule has 1 unspecified atom stereocenters. The second kappa shape index (κ2) is 7.89. The van der Waals surface area contributed by atoms with Crippen molar-refractivity contribution in [2.24, 2.45) is 0 Å². The number of hydrogen-bond donors (Lipinski definition) is 2. The molecular formula is C15H23N3O. The van der Waals surface area contributed by atoms with E-state index in [0.29, 0.717) is 19.0 Å². The Morgan fingerprint density at radius 2 is 2.42 bits per heavy atom. The van der Waals surface area contributed by atoms with E-state index in [2.05, 4.69) is 15.6 Å². The molecule has 0 saturated carbocycles. The highest BCUT2D eigenvalue weighted by Crippen LogP contribution is 2.11. The molecule has 1 aliphatic rings. The predicted molar refractivity (Wildman–Crippen MR) is 75.8 cm³/mol. The molecule has 1 saturated heterocycles. The molecule has 104 valence electrons. The molecule has 4 nitrogen and oxygen atoms in total. The molecule has 0 radical (unpaired) electrons. The van der Waals surface area contributed by atoms with E-state index in [1.165, 1.54) is 19.3 Å². The fourth-order valence-corrected chi connectivity index (χ4v) is 2.46. The van der Waals surface area contributed by atoms with Crippen molar-refractivity contribution in [1.82, 2.24) is 15.6 Å². The lowest BCUT2D eigenvalue weighted by Crippen LogP contribution is -2.35. The number of amides is 1. The Balaban J connectivity index is 1.57. The molecule has 0 aliphatic carbocycles. The minimum atomic E-state index is 0.163. The van der Waals surface area contributed by atoms with Gasteiger partial charge in [-0.15, -0.1) is 0 Å². The summed E-state index contributed by atoms with van der Waals surface area (Å²) in [5, 5.41) is 6.44. The zero-order chi connectivity index (χ0) is 13.3. The average Bonchev–Trinajstić information content (AvgIpc) is 2.47. The summed E-state index contributed by atoms with van der Waals surface area (Å²) in [6.07, 6.45) is 9.82. The maximum atomic E-state index is 11.7. The summed E-state index contributed by atoms with van der Waals surface area (Å²) in [6, 6.07) is 4.50. The number of nitrogens with one attached hydrogen (secondary N) is 2. The molecule has 2 rings (SSSR count). The number of carbonyl (C=O) groups is 1. The summed E-state index contributed by atoms with van der Waals surface area (Å²) in [5.41, 5.74) is 1.16. The number of pyridine rings is 1. The van der Waals surface area contributed by atoms with E-state index in [1.807, 2.05) is 18.3 Å². The van der Waals surface area contributed by atoms with Gasteiger partial charge in [0.2, 0.25) is 5.91 Å². The highest BCUT2D eigenvalue weighted by molar-refractivity contribution is 5.75. The van der Waals surface area contributed by atoms with Crippen molar-refractivity contribution in [2.75, 3.05) is 13.1 Å². The van der Waals surface area contributed by atoms with Gasteiger partial charge in [0.05, 0.1) is 0 Å². The molecule has 4 heteroatoms. The van der Waals surface area contributed by atoms with Gasteiger partial charge in [-0.25, -0.2) is 0 Å². The summed E-state index contributed by atoms with van der Waals surface area (Å²) in [4.78, 5) is 15.8. The molecule has 1 amide bonds. The first-order chi connectivity index (χ1) is 9.34. The van der Waals surface area contributed by atoms with Crippen LogP contribution in [0.2, 0.25) is 0 Å². The van der Waals surface area contributed by atoms with Crippen LogP contribution in [0.4, 0.5) is 0 Å². The maximum absolute atomic E-state index is 11.7. The van der Waals surface area contributed by atoms with Crippen LogP contribution >= 0.6 is 0 Å². The second-order valence-electron chi connectivity index (χ2n) is 5.15. The molecule has 1 aliphatic heterocycles. The van der Waals surface area contributed by atoms with Gasteiger partial charge in [-0.05, 0) is 43.9 Å².